The Morgan fingerprint density at radius 1 is 1.00 bits per heavy atom. The first-order chi connectivity index (χ1) is 18.6. The average molecular weight is 550 g/mol. The van der Waals surface area contributed by atoms with Gasteiger partial charge in [0, 0.05) is 47.2 Å². The molecule has 4 aliphatic rings. The first-order valence-corrected chi connectivity index (χ1v) is 15.7. The van der Waals surface area contributed by atoms with Gasteiger partial charge in [-0.05, 0) is 32.6 Å². The molecule has 0 radical (unpaired) electrons. The first kappa shape index (κ1) is 23.0. The van der Waals surface area contributed by atoms with Crippen molar-refractivity contribution in [2.75, 3.05) is 58.5 Å². The molecule has 0 aromatic rings. The Kier molecular flexibility index (Phi) is 8.72. The van der Waals surface area contributed by atoms with E-state index in [0.717, 1.165) is 0 Å². The van der Waals surface area contributed by atoms with Crippen LogP contribution in [0.4, 0.5) is 0 Å². The number of ether oxygens (including phenoxy) is 4. The molecule has 0 amide bonds. The Hall–Kier alpha value is 0.1000. The third-order valence-corrected chi connectivity index (χ3v) is 10.2. The van der Waals surface area contributed by atoms with Gasteiger partial charge in [-0.2, -0.15) is 0 Å². The van der Waals surface area contributed by atoms with Crippen LogP contribution in [0.1, 0.15) is 50.9 Å². The molecule has 4 saturated heterocycles. The highest BCUT2D eigenvalue weighted by Gasteiger charge is 2.41. The molecular formula is C22H40O11P2. The van der Waals surface area contributed by atoms with Crippen molar-refractivity contribution in [1.82, 2.24) is 0 Å². The Morgan fingerprint density at radius 3 is 2.63 bits per heavy atom. The standard InChI is InChI=1S/C22H40O11P2/c1-17-19(6-11-27-17)32-35(25)14-4-9-26-8-2-3-13-34(24,30-15-21-18(23)5-10-28-21)33-20-7-12-29-22(20)16-31-35/h17-23H,2-16H2,1H3/t17-,18+,19+,20+,21-,22-,34-,35-/m1/s1/i1D,10T,11T,12T/t10-,11-,12-,17+,18-,19-,20-,21+,22+,34+,35+/m0. The molecule has 0 bridgehead atoms. The SMILES string of the molecule is [2H]C[C@H]1O[C@@H]([3H])C[C@@H]1O[P@@]1(=O)CCCOCCCC[P@@](=O)(OC[C@H]2O[C@@H]([3H])C[C@@H]2O)O[C@H]2C[C@H]([3H])O[C@@H]2CO1. The van der Waals surface area contributed by atoms with Crippen molar-refractivity contribution in [2.24, 2.45) is 0 Å². The molecule has 0 unspecified atom stereocenters. The summed E-state index contributed by atoms with van der Waals surface area (Å²) in [6, 6.07) is 0. The molecule has 0 aliphatic carbocycles. The molecule has 204 valence electrons. The summed E-state index contributed by atoms with van der Waals surface area (Å²) in [4.78, 5) is 0. The minimum absolute atomic E-state index is 0.0434. The Balaban J connectivity index is 1.45. The van der Waals surface area contributed by atoms with E-state index in [0.29, 0.717) is 32.5 Å². The first-order valence-electron chi connectivity index (χ1n) is 14.6. The van der Waals surface area contributed by atoms with Crippen molar-refractivity contribution in [3.05, 3.63) is 0 Å². The van der Waals surface area contributed by atoms with Crippen molar-refractivity contribution in [3.8, 4) is 0 Å². The maximum atomic E-state index is 13.8. The predicted octanol–water partition coefficient (Wildman–Crippen LogP) is 3.12. The second kappa shape index (κ2) is 13.3. The number of aliphatic hydroxyl groups is 1. The van der Waals surface area contributed by atoms with Crippen molar-refractivity contribution in [3.63, 3.8) is 0 Å². The third-order valence-electron chi connectivity index (χ3n) is 6.22. The van der Waals surface area contributed by atoms with E-state index in [1.165, 1.54) is 0 Å². The molecule has 0 aromatic carbocycles. The van der Waals surface area contributed by atoms with Crippen molar-refractivity contribution in [1.29, 1.82) is 0 Å². The van der Waals surface area contributed by atoms with E-state index in [4.69, 9.17) is 42.5 Å². The molecule has 4 fully saturated rings. The van der Waals surface area contributed by atoms with Gasteiger partial charge >= 0.3 is 15.2 Å². The van der Waals surface area contributed by atoms with Gasteiger partial charge in [0.15, 0.2) is 0 Å². The fourth-order valence-corrected chi connectivity index (χ4v) is 7.85. The largest absolute Gasteiger partial charge is 0.390 e. The van der Waals surface area contributed by atoms with Crippen LogP contribution in [0.25, 0.3) is 0 Å². The third kappa shape index (κ3) is 8.29. The summed E-state index contributed by atoms with van der Waals surface area (Å²) in [5, 5.41) is 10.1. The maximum Gasteiger partial charge on any atom is 0.331 e. The summed E-state index contributed by atoms with van der Waals surface area (Å²) in [6.07, 6.45) is -2.94. The predicted molar refractivity (Wildman–Crippen MR) is 126 cm³/mol. The van der Waals surface area contributed by atoms with E-state index in [2.05, 4.69) is 0 Å². The molecular weight excluding hydrogens is 502 g/mol. The lowest BCUT2D eigenvalue weighted by molar-refractivity contribution is -0.00977. The molecule has 0 aromatic heterocycles. The maximum absolute atomic E-state index is 13.8. The summed E-state index contributed by atoms with van der Waals surface area (Å²) in [6.45, 7) is -2.68. The van der Waals surface area contributed by atoms with E-state index in [1.54, 1.807) is 0 Å². The van der Waals surface area contributed by atoms with Crippen LogP contribution in [-0.2, 0) is 46.2 Å². The summed E-state index contributed by atoms with van der Waals surface area (Å²) in [5.41, 5.74) is 0. The van der Waals surface area contributed by atoms with Crippen LogP contribution < -0.4 is 0 Å². The highest BCUT2D eigenvalue weighted by atomic mass is 31.2. The number of aliphatic hydroxyl groups excluding tert-OH is 1. The number of hydrogen-bond acceptors (Lipinski definition) is 11. The molecule has 11 nitrogen and oxygen atoms in total. The van der Waals surface area contributed by atoms with Gasteiger partial charge in [0.25, 0.3) is 0 Å². The lowest BCUT2D eigenvalue weighted by Crippen LogP contribution is -2.31. The van der Waals surface area contributed by atoms with Gasteiger partial charge in [-0.1, -0.05) is 0 Å². The van der Waals surface area contributed by atoms with Crippen molar-refractivity contribution >= 4 is 15.2 Å². The van der Waals surface area contributed by atoms with E-state index < -0.39 is 71.6 Å². The van der Waals surface area contributed by atoms with E-state index >= 15 is 0 Å². The molecule has 4 heterocycles. The fraction of sp³-hybridized carbons (Fsp3) is 1.00. The number of fused-ring (bicyclic) bond motifs is 1. The lowest BCUT2D eigenvalue weighted by atomic mass is 10.2. The van der Waals surface area contributed by atoms with Crippen LogP contribution in [0.5, 0.6) is 0 Å². The van der Waals surface area contributed by atoms with Crippen LogP contribution in [0.2, 0.25) is 0 Å². The zero-order valence-electron chi connectivity index (χ0n) is 23.8. The van der Waals surface area contributed by atoms with Crippen molar-refractivity contribution < 1.29 is 56.8 Å². The lowest BCUT2D eigenvalue weighted by Gasteiger charge is -2.28. The molecule has 11 atom stereocenters. The molecule has 13 heteroatoms. The molecule has 0 spiro atoms. The Labute approximate surface area is 213 Å². The molecule has 35 heavy (non-hydrogen) atoms. The second-order valence-electron chi connectivity index (χ2n) is 9.02. The zero-order chi connectivity index (χ0) is 28.0. The topological polar surface area (TPSA) is 128 Å². The van der Waals surface area contributed by atoms with Crippen LogP contribution >= 0.6 is 15.2 Å². The van der Waals surface area contributed by atoms with E-state index in [-0.39, 0.29) is 51.7 Å². The second-order valence-corrected chi connectivity index (χ2v) is 13.3. The monoisotopic (exact) mass is 549 g/mol. The molecule has 0 saturated carbocycles. The van der Waals surface area contributed by atoms with Gasteiger partial charge < -0.3 is 42.1 Å². The van der Waals surface area contributed by atoms with Crippen LogP contribution in [0, 0.1) is 0 Å². The van der Waals surface area contributed by atoms with E-state index in [9.17, 15) is 14.2 Å². The van der Waals surface area contributed by atoms with Gasteiger partial charge in [-0.25, -0.2) is 0 Å². The van der Waals surface area contributed by atoms with Gasteiger partial charge in [-0.3, -0.25) is 9.13 Å². The molecule has 4 rings (SSSR count). The summed E-state index contributed by atoms with van der Waals surface area (Å²) in [7, 11) is -7.51. The van der Waals surface area contributed by atoms with E-state index in [1.807, 2.05) is 0 Å². The minimum Gasteiger partial charge on any atom is -0.390 e. The quantitative estimate of drug-likeness (QED) is 0.508. The Morgan fingerprint density at radius 2 is 1.80 bits per heavy atom. The van der Waals surface area contributed by atoms with Crippen molar-refractivity contribution in [2.45, 2.75) is 82.0 Å². The molecule has 1 N–H and O–H groups in total. The summed E-state index contributed by atoms with van der Waals surface area (Å²) < 4.78 is 104. The van der Waals surface area contributed by atoms with Gasteiger partial charge in [0.1, 0.15) is 12.2 Å². The van der Waals surface area contributed by atoms with Gasteiger partial charge in [0.05, 0.1) is 54.1 Å². The molecule has 4 aliphatic heterocycles. The highest BCUT2D eigenvalue weighted by molar-refractivity contribution is 7.54. The average Bonchev–Trinajstić information content (AvgIpc) is 3.52. The van der Waals surface area contributed by atoms with Crippen LogP contribution in [0.15, 0.2) is 0 Å². The van der Waals surface area contributed by atoms with Crippen LogP contribution in [-0.4, -0.2) is 100 Å². The smallest absolute Gasteiger partial charge is 0.331 e. The minimum atomic E-state index is -3.76. The van der Waals surface area contributed by atoms with Gasteiger partial charge in [0.2, 0.25) is 0 Å². The van der Waals surface area contributed by atoms with Gasteiger partial charge in [-0.15, -0.1) is 0 Å². The summed E-state index contributed by atoms with van der Waals surface area (Å²) >= 11 is 0. The number of rotatable bonds is 5. The van der Waals surface area contributed by atoms with Crippen LogP contribution in [0.3, 0.4) is 0 Å². The summed E-state index contributed by atoms with van der Waals surface area (Å²) in [5.74, 6) is 0. The normalized spacial score (nSPS) is 52.4. The highest BCUT2D eigenvalue weighted by Crippen LogP contribution is 2.54. The zero-order valence-corrected chi connectivity index (χ0v) is 21.6. The Bertz CT molecular complexity index is 876. The number of hydrogen-bond donors (Lipinski definition) is 1. The fourth-order valence-electron chi connectivity index (χ4n) is 4.12.